The van der Waals surface area contributed by atoms with Crippen LogP contribution in [0.2, 0.25) is 0 Å². The summed E-state index contributed by atoms with van der Waals surface area (Å²) in [6.07, 6.45) is 3.77. The minimum Gasteiger partial charge on any atom is -0.322 e. The van der Waals surface area contributed by atoms with Crippen LogP contribution in [0.3, 0.4) is 0 Å². The van der Waals surface area contributed by atoms with E-state index in [1.165, 1.54) is 0 Å². The van der Waals surface area contributed by atoms with Gasteiger partial charge in [0.25, 0.3) is 0 Å². The van der Waals surface area contributed by atoms with Crippen molar-refractivity contribution < 1.29 is 0 Å². The van der Waals surface area contributed by atoms with E-state index in [0.717, 1.165) is 0 Å². The summed E-state index contributed by atoms with van der Waals surface area (Å²) in [7, 11) is 0. The number of hydrogen-bond donors (Lipinski definition) is 1. The molecule has 0 saturated heterocycles. The molecule has 0 aromatic rings. The molecule has 0 amide bonds. The lowest BCUT2D eigenvalue weighted by molar-refractivity contribution is 0.577. The van der Waals surface area contributed by atoms with Crippen molar-refractivity contribution >= 4 is 0 Å². The van der Waals surface area contributed by atoms with Gasteiger partial charge in [0.05, 0.1) is 17.7 Å². The predicted octanol–water partition coefficient (Wildman–Crippen LogP) is 1.01. The summed E-state index contributed by atoms with van der Waals surface area (Å²) < 4.78 is 0. The van der Waals surface area contributed by atoms with E-state index in [1.54, 1.807) is 19.1 Å². The van der Waals surface area contributed by atoms with Crippen LogP contribution in [0.5, 0.6) is 0 Å². The van der Waals surface area contributed by atoms with Crippen molar-refractivity contribution in [2.24, 2.45) is 5.73 Å². The summed E-state index contributed by atoms with van der Waals surface area (Å²) in [5, 5.41) is 17.2. The number of hydrogen-bond acceptors (Lipinski definition) is 3. The molecular formula is C9H9N3. The van der Waals surface area contributed by atoms with Gasteiger partial charge in [-0.2, -0.15) is 10.5 Å². The van der Waals surface area contributed by atoms with E-state index < -0.39 is 5.54 Å². The Kier molecular flexibility index (Phi) is 1.99. The summed E-state index contributed by atoms with van der Waals surface area (Å²) in [6, 6.07) is 3.99. The lowest BCUT2D eigenvalue weighted by atomic mass is 9.87. The Hall–Kier alpha value is -1.58. The molecule has 3 heteroatoms. The first-order chi connectivity index (χ1) is 5.57. The van der Waals surface area contributed by atoms with Crippen LogP contribution in [0.1, 0.15) is 13.3 Å². The van der Waals surface area contributed by atoms with E-state index in [0.29, 0.717) is 17.6 Å². The topological polar surface area (TPSA) is 73.6 Å². The third-order valence-corrected chi connectivity index (χ3v) is 1.66. The molecule has 0 aliphatic heterocycles. The SMILES string of the molecule is CC1(N)C=C(C#N)C=C(C#N)C1. The second kappa shape index (κ2) is 2.81. The Bertz CT molecular complexity index is 334. The molecule has 0 fully saturated rings. The van der Waals surface area contributed by atoms with Gasteiger partial charge in [0.1, 0.15) is 0 Å². The van der Waals surface area contributed by atoms with E-state index in [4.69, 9.17) is 16.3 Å². The highest BCUT2D eigenvalue weighted by Gasteiger charge is 2.22. The molecule has 0 bridgehead atoms. The van der Waals surface area contributed by atoms with E-state index >= 15 is 0 Å². The zero-order chi connectivity index (χ0) is 9.19. The molecule has 0 saturated carbocycles. The van der Waals surface area contributed by atoms with Crippen LogP contribution in [0, 0.1) is 22.7 Å². The highest BCUT2D eigenvalue weighted by molar-refractivity contribution is 5.46. The summed E-state index contributed by atoms with van der Waals surface area (Å²) in [5.74, 6) is 0. The summed E-state index contributed by atoms with van der Waals surface area (Å²) >= 11 is 0. The molecule has 1 unspecified atom stereocenters. The Morgan fingerprint density at radius 1 is 1.50 bits per heavy atom. The Morgan fingerprint density at radius 3 is 2.67 bits per heavy atom. The summed E-state index contributed by atoms with van der Waals surface area (Å²) in [5.41, 5.74) is 6.28. The molecule has 1 aliphatic carbocycles. The maximum Gasteiger partial charge on any atom is 0.0989 e. The maximum absolute atomic E-state index is 8.63. The fourth-order valence-corrected chi connectivity index (χ4v) is 1.23. The summed E-state index contributed by atoms with van der Waals surface area (Å²) in [4.78, 5) is 0. The standard InChI is InChI=1S/C9H9N3/c1-9(12)3-7(5-10)2-8(4-9)6-11/h2-3H,4,12H2,1H3. The van der Waals surface area contributed by atoms with Crippen molar-refractivity contribution in [3.63, 3.8) is 0 Å². The highest BCUT2D eigenvalue weighted by Crippen LogP contribution is 2.23. The molecule has 3 nitrogen and oxygen atoms in total. The number of rotatable bonds is 0. The van der Waals surface area contributed by atoms with Crippen molar-refractivity contribution in [3.05, 3.63) is 23.3 Å². The van der Waals surface area contributed by atoms with E-state index in [9.17, 15) is 0 Å². The van der Waals surface area contributed by atoms with Crippen molar-refractivity contribution in [2.45, 2.75) is 18.9 Å². The largest absolute Gasteiger partial charge is 0.322 e. The van der Waals surface area contributed by atoms with Gasteiger partial charge in [0, 0.05) is 17.5 Å². The average molecular weight is 159 g/mol. The monoisotopic (exact) mass is 159 g/mol. The molecule has 0 radical (unpaired) electrons. The first-order valence-corrected chi connectivity index (χ1v) is 3.60. The van der Waals surface area contributed by atoms with Gasteiger partial charge in [-0.15, -0.1) is 0 Å². The normalized spacial score (nSPS) is 28.0. The molecule has 0 aromatic heterocycles. The first-order valence-electron chi connectivity index (χ1n) is 3.60. The molecule has 0 heterocycles. The fraction of sp³-hybridized carbons (Fsp3) is 0.333. The lowest BCUT2D eigenvalue weighted by Crippen LogP contribution is -2.35. The van der Waals surface area contributed by atoms with Crippen LogP contribution in [-0.2, 0) is 0 Å². The summed E-state index contributed by atoms with van der Waals surface area (Å²) in [6.45, 7) is 1.80. The van der Waals surface area contributed by atoms with Gasteiger partial charge in [0.15, 0.2) is 0 Å². The lowest BCUT2D eigenvalue weighted by Gasteiger charge is -2.23. The molecule has 0 spiro atoms. The van der Waals surface area contributed by atoms with Crippen LogP contribution < -0.4 is 5.73 Å². The number of nitrogens with two attached hydrogens (primary N) is 1. The van der Waals surface area contributed by atoms with Crippen molar-refractivity contribution in [1.29, 1.82) is 10.5 Å². The quantitative estimate of drug-likeness (QED) is 0.573. The maximum atomic E-state index is 8.63. The molecule has 2 N–H and O–H groups in total. The second-order valence-electron chi connectivity index (χ2n) is 3.18. The molecule has 1 atom stereocenters. The smallest absolute Gasteiger partial charge is 0.0989 e. The van der Waals surface area contributed by atoms with Gasteiger partial charge in [-0.25, -0.2) is 0 Å². The predicted molar refractivity (Wildman–Crippen MR) is 44.6 cm³/mol. The van der Waals surface area contributed by atoms with Crippen LogP contribution in [0.25, 0.3) is 0 Å². The van der Waals surface area contributed by atoms with Crippen molar-refractivity contribution in [1.82, 2.24) is 0 Å². The number of nitriles is 2. The molecule has 60 valence electrons. The van der Waals surface area contributed by atoms with Crippen molar-refractivity contribution in [3.8, 4) is 12.1 Å². The molecule has 12 heavy (non-hydrogen) atoms. The minimum atomic E-state index is -0.551. The van der Waals surface area contributed by atoms with Crippen LogP contribution in [-0.4, -0.2) is 5.54 Å². The van der Waals surface area contributed by atoms with E-state index in [2.05, 4.69) is 0 Å². The Morgan fingerprint density at radius 2 is 2.17 bits per heavy atom. The van der Waals surface area contributed by atoms with E-state index in [-0.39, 0.29) is 0 Å². The molecular weight excluding hydrogens is 150 g/mol. The number of nitrogens with zero attached hydrogens (tertiary/aromatic N) is 2. The zero-order valence-electron chi connectivity index (χ0n) is 6.83. The highest BCUT2D eigenvalue weighted by atomic mass is 14.7. The molecule has 0 aromatic carbocycles. The number of allylic oxidation sites excluding steroid dienone is 2. The van der Waals surface area contributed by atoms with Gasteiger partial charge in [0.2, 0.25) is 0 Å². The third kappa shape index (κ3) is 1.72. The van der Waals surface area contributed by atoms with Gasteiger partial charge in [-0.3, -0.25) is 0 Å². The molecule has 1 rings (SSSR count). The fourth-order valence-electron chi connectivity index (χ4n) is 1.23. The van der Waals surface area contributed by atoms with Crippen LogP contribution in [0.15, 0.2) is 23.3 Å². The van der Waals surface area contributed by atoms with Gasteiger partial charge >= 0.3 is 0 Å². The first kappa shape index (κ1) is 8.52. The molecule has 1 aliphatic rings. The van der Waals surface area contributed by atoms with E-state index in [1.807, 2.05) is 12.1 Å². The second-order valence-corrected chi connectivity index (χ2v) is 3.18. The van der Waals surface area contributed by atoms with Crippen LogP contribution >= 0.6 is 0 Å². The zero-order valence-corrected chi connectivity index (χ0v) is 6.83. The van der Waals surface area contributed by atoms with Gasteiger partial charge in [-0.05, 0) is 19.1 Å². The van der Waals surface area contributed by atoms with Crippen molar-refractivity contribution in [2.75, 3.05) is 0 Å². The Labute approximate surface area is 71.4 Å². The third-order valence-electron chi connectivity index (χ3n) is 1.66. The average Bonchev–Trinajstić information content (AvgIpc) is 2.01. The van der Waals surface area contributed by atoms with Gasteiger partial charge in [-0.1, -0.05) is 0 Å². The van der Waals surface area contributed by atoms with Crippen LogP contribution in [0.4, 0.5) is 0 Å². The minimum absolute atomic E-state index is 0.475. The van der Waals surface area contributed by atoms with Gasteiger partial charge < -0.3 is 5.73 Å². The Balaban J connectivity index is 3.06.